The lowest BCUT2D eigenvalue weighted by molar-refractivity contribution is -0.223. The van der Waals surface area contributed by atoms with Crippen molar-refractivity contribution in [1.82, 2.24) is 20.6 Å². The number of halogens is 1. The number of piperidine rings is 2. The molecule has 3 aliphatic rings. The number of nitrogens with one attached hydrogen (secondary N) is 2. The van der Waals surface area contributed by atoms with Gasteiger partial charge in [-0.1, -0.05) is 0 Å². The number of carbonyl (C=O) groups is 3. The Hall–Kier alpha value is -1.94. The summed E-state index contributed by atoms with van der Waals surface area (Å²) in [5.74, 6) is -1.72. The summed E-state index contributed by atoms with van der Waals surface area (Å²) in [6.45, 7) is 3.18. The van der Waals surface area contributed by atoms with Crippen LogP contribution in [0.4, 0.5) is 9.18 Å². The van der Waals surface area contributed by atoms with Gasteiger partial charge in [-0.05, 0) is 38.8 Å². The fraction of sp³-hybridized carbons (Fsp3) is 0.786. The first-order valence-corrected chi connectivity index (χ1v) is 8.05. The molecule has 0 aromatic carbocycles. The lowest BCUT2D eigenvalue weighted by Gasteiger charge is -2.22. The number of hydrogen-bond acceptors (Lipinski definition) is 5. The number of carboxylic acid groups (broad SMARTS) is 1. The van der Waals surface area contributed by atoms with Crippen LogP contribution in [0.5, 0.6) is 0 Å². The molecule has 9 nitrogen and oxygen atoms in total. The largest absolute Gasteiger partial charge is 0.477 e. The van der Waals surface area contributed by atoms with Crippen LogP contribution in [0.25, 0.3) is 0 Å². The molecule has 2 bridgehead atoms. The van der Waals surface area contributed by atoms with Crippen LogP contribution in [-0.4, -0.2) is 78.1 Å². The van der Waals surface area contributed by atoms with Crippen molar-refractivity contribution in [3.05, 3.63) is 0 Å². The van der Waals surface area contributed by atoms with Crippen molar-refractivity contribution >= 4 is 18.4 Å². The Bertz CT molecular complexity index is 460. The predicted molar refractivity (Wildman–Crippen MR) is 80.5 cm³/mol. The van der Waals surface area contributed by atoms with Crippen molar-refractivity contribution in [2.24, 2.45) is 0 Å². The second kappa shape index (κ2) is 8.78. The van der Waals surface area contributed by atoms with Crippen LogP contribution >= 0.6 is 0 Å². The van der Waals surface area contributed by atoms with E-state index in [2.05, 4.69) is 15.5 Å². The van der Waals surface area contributed by atoms with Crippen molar-refractivity contribution in [3.8, 4) is 0 Å². The molecule has 3 amide bonds. The number of hydroxylamine groups is 2. The second-order valence-electron chi connectivity index (χ2n) is 5.92. The molecule has 136 valence electrons. The van der Waals surface area contributed by atoms with Gasteiger partial charge >= 0.3 is 18.4 Å². The van der Waals surface area contributed by atoms with Crippen molar-refractivity contribution in [2.45, 2.75) is 44.1 Å². The van der Waals surface area contributed by atoms with Gasteiger partial charge in [-0.2, -0.15) is 5.06 Å². The van der Waals surface area contributed by atoms with Gasteiger partial charge in [-0.3, -0.25) is 4.79 Å². The SMILES string of the molecule is O=C(O)C(F)ON1C(=O)N2CCCC1C2.O=CNC1CCNCC1. The number of amides is 3. The summed E-state index contributed by atoms with van der Waals surface area (Å²) in [4.78, 5) is 37.7. The maximum absolute atomic E-state index is 12.8. The molecule has 3 heterocycles. The van der Waals surface area contributed by atoms with E-state index in [1.54, 1.807) is 0 Å². The predicted octanol–water partition coefficient (Wildman–Crippen LogP) is -0.317. The Balaban J connectivity index is 0.000000198. The zero-order valence-corrected chi connectivity index (χ0v) is 13.3. The molecule has 3 rings (SSSR count). The van der Waals surface area contributed by atoms with Gasteiger partial charge in [-0.15, -0.1) is 0 Å². The fourth-order valence-corrected chi connectivity index (χ4v) is 2.98. The molecule has 3 saturated heterocycles. The van der Waals surface area contributed by atoms with Gasteiger partial charge in [-0.25, -0.2) is 18.8 Å². The zero-order chi connectivity index (χ0) is 17.5. The molecular weight excluding hydrogens is 323 g/mol. The standard InChI is InChI=1S/C8H11FN2O4.C6H12N2O/c9-6(7(12)13)15-11-5-2-1-3-10(4-5)8(11)14;9-5-8-6-1-3-7-4-2-6/h5-6H,1-4H2,(H,12,13);5-7H,1-4H2,(H,8,9). The summed E-state index contributed by atoms with van der Waals surface area (Å²) in [6.07, 6.45) is 2.00. The van der Waals surface area contributed by atoms with Crippen LogP contribution in [0.3, 0.4) is 0 Å². The van der Waals surface area contributed by atoms with Gasteiger partial charge in [0.25, 0.3) is 0 Å². The van der Waals surface area contributed by atoms with Crippen molar-refractivity contribution < 1.29 is 28.7 Å². The van der Waals surface area contributed by atoms with Crippen LogP contribution in [0.15, 0.2) is 0 Å². The minimum atomic E-state index is -2.48. The minimum absolute atomic E-state index is 0.219. The number of aliphatic carboxylic acids is 1. The van der Waals surface area contributed by atoms with E-state index >= 15 is 0 Å². The van der Waals surface area contributed by atoms with Crippen molar-refractivity contribution in [2.75, 3.05) is 26.2 Å². The third kappa shape index (κ3) is 4.78. The molecule has 0 radical (unpaired) electrons. The molecular formula is C14H23FN4O5. The molecule has 0 aromatic rings. The molecule has 0 aromatic heterocycles. The monoisotopic (exact) mass is 346 g/mol. The van der Waals surface area contributed by atoms with Gasteiger partial charge < -0.3 is 20.6 Å². The maximum atomic E-state index is 12.8. The van der Waals surface area contributed by atoms with E-state index in [4.69, 9.17) is 5.11 Å². The number of nitrogens with zero attached hydrogens (tertiary/aromatic N) is 2. The van der Waals surface area contributed by atoms with Gasteiger partial charge in [0, 0.05) is 19.1 Å². The van der Waals surface area contributed by atoms with Crippen LogP contribution in [0.2, 0.25) is 0 Å². The quantitative estimate of drug-likeness (QED) is 0.589. The number of alkyl halides is 1. The first-order valence-electron chi connectivity index (χ1n) is 8.05. The zero-order valence-electron chi connectivity index (χ0n) is 13.3. The smallest absolute Gasteiger partial charge is 0.368 e. The Labute approximate surface area is 139 Å². The molecule has 3 aliphatic heterocycles. The number of carboxylic acids is 1. The van der Waals surface area contributed by atoms with Crippen molar-refractivity contribution in [3.63, 3.8) is 0 Å². The lowest BCUT2D eigenvalue weighted by atomic mass is 10.1. The Morgan fingerprint density at radius 3 is 2.71 bits per heavy atom. The molecule has 0 spiro atoms. The van der Waals surface area contributed by atoms with E-state index in [0.29, 0.717) is 25.6 Å². The van der Waals surface area contributed by atoms with E-state index in [9.17, 15) is 18.8 Å². The first kappa shape index (κ1) is 18.4. The highest BCUT2D eigenvalue weighted by Gasteiger charge is 2.42. The summed E-state index contributed by atoms with van der Waals surface area (Å²) in [7, 11) is 0. The van der Waals surface area contributed by atoms with Crippen LogP contribution in [-0.2, 0) is 14.4 Å². The van der Waals surface area contributed by atoms with E-state index in [0.717, 1.165) is 43.8 Å². The minimum Gasteiger partial charge on any atom is -0.477 e. The molecule has 3 fully saturated rings. The summed E-state index contributed by atoms with van der Waals surface area (Å²) < 4.78 is 12.8. The highest BCUT2D eigenvalue weighted by Crippen LogP contribution is 2.26. The molecule has 24 heavy (non-hydrogen) atoms. The average molecular weight is 346 g/mol. The summed E-state index contributed by atoms with van der Waals surface area (Å²) in [5, 5.41) is 15.2. The van der Waals surface area contributed by atoms with Gasteiger partial charge in [0.2, 0.25) is 6.41 Å². The molecule has 0 saturated carbocycles. The highest BCUT2D eigenvalue weighted by molar-refractivity contribution is 5.77. The Kier molecular flexibility index (Phi) is 6.73. The molecule has 0 aliphatic carbocycles. The maximum Gasteiger partial charge on any atom is 0.368 e. The number of urea groups is 1. The number of rotatable bonds is 5. The summed E-state index contributed by atoms with van der Waals surface area (Å²) in [5.41, 5.74) is 0. The van der Waals surface area contributed by atoms with E-state index in [-0.39, 0.29) is 6.04 Å². The highest BCUT2D eigenvalue weighted by atomic mass is 19.1. The number of carbonyl (C=O) groups excluding carboxylic acids is 2. The lowest BCUT2D eigenvalue weighted by Crippen LogP contribution is -2.39. The second-order valence-corrected chi connectivity index (χ2v) is 5.92. The van der Waals surface area contributed by atoms with Crippen LogP contribution in [0, 0.1) is 0 Å². The average Bonchev–Trinajstić information content (AvgIpc) is 2.79. The normalized spacial score (nSPS) is 24.9. The molecule has 10 heteroatoms. The molecule has 2 atom stereocenters. The number of hydrogen-bond donors (Lipinski definition) is 3. The third-order valence-corrected chi connectivity index (χ3v) is 4.23. The van der Waals surface area contributed by atoms with E-state index in [1.807, 2.05) is 0 Å². The Morgan fingerprint density at radius 1 is 1.42 bits per heavy atom. The van der Waals surface area contributed by atoms with E-state index in [1.165, 1.54) is 4.90 Å². The van der Waals surface area contributed by atoms with Gasteiger partial charge in [0.05, 0.1) is 6.04 Å². The van der Waals surface area contributed by atoms with E-state index < -0.39 is 18.4 Å². The summed E-state index contributed by atoms with van der Waals surface area (Å²) >= 11 is 0. The first-order chi connectivity index (χ1) is 11.5. The van der Waals surface area contributed by atoms with Gasteiger partial charge in [0.1, 0.15) is 0 Å². The topological polar surface area (TPSA) is 111 Å². The third-order valence-electron chi connectivity index (χ3n) is 4.23. The molecule has 2 unspecified atom stereocenters. The summed E-state index contributed by atoms with van der Waals surface area (Å²) in [6, 6.07) is -0.242. The van der Waals surface area contributed by atoms with Crippen LogP contribution < -0.4 is 10.6 Å². The Morgan fingerprint density at radius 2 is 2.12 bits per heavy atom. The number of fused-ring (bicyclic) bond motifs is 2. The van der Waals surface area contributed by atoms with Crippen molar-refractivity contribution in [1.29, 1.82) is 0 Å². The van der Waals surface area contributed by atoms with Crippen LogP contribution in [0.1, 0.15) is 25.7 Å². The fourth-order valence-electron chi connectivity index (χ4n) is 2.98. The van der Waals surface area contributed by atoms with Gasteiger partial charge in [0.15, 0.2) is 0 Å². The molecule has 3 N–H and O–H groups in total.